The molecule has 4 heteroatoms. The summed E-state index contributed by atoms with van der Waals surface area (Å²) in [6.07, 6.45) is 3.31. The maximum atomic E-state index is 12.1. The van der Waals surface area contributed by atoms with Gasteiger partial charge in [-0.1, -0.05) is 48.0 Å². The molecule has 0 atom stereocenters. The molecule has 0 fully saturated rings. The highest BCUT2D eigenvalue weighted by molar-refractivity contribution is 6.31. The molecular weight excluding hydrogens is 308 g/mol. The molecule has 0 unspecified atom stereocenters. The van der Waals surface area contributed by atoms with Gasteiger partial charge >= 0.3 is 0 Å². The number of carbonyl (C=O) groups excluding carboxylic acids is 1. The van der Waals surface area contributed by atoms with Crippen LogP contribution in [0.25, 0.3) is 10.9 Å². The van der Waals surface area contributed by atoms with Gasteiger partial charge in [0.2, 0.25) is 5.91 Å². The van der Waals surface area contributed by atoms with Crippen molar-refractivity contribution >= 4 is 28.4 Å². The molecule has 1 N–H and O–H groups in total. The van der Waals surface area contributed by atoms with E-state index in [-0.39, 0.29) is 5.91 Å². The third-order valence-electron chi connectivity index (χ3n) is 4.03. The summed E-state index contributed by atoms with van der Waals surface area (Å²) in [7, 11) is 2.03. The van der Waals surface area contributed by atoms with Crippen LogP contribution in [0.3, 0.4) is 0 Å². The van der Waals surface area contributed by atoms with Crippen molar-refractivity contribution in [2.24, 2.45) is 7.05 Å². The second-order valence-corrected chi connectivity index (χ2v) is 6.06. The Morgan fingerprint density at radius 3 is 2.65 bits per heavy atom. The first-order valence-corrected chi connectivity index (χ1v) is 8.06. The molecule has 1 heterocycles. The highest BCUT2D eigenvalue weighted by Gasteiger charge is 2.09. The van der Waals surface area contributed by atoms with Gasteiger partial charge in [0.1, 0.15) is 0 Å². The first-order valence-electron chi connectivity index (χ1n) is 7.68. The zero-order chi connectivity index (χ0) is 16.2. The standard InChI is InChI=1S/C19H19ClN2O/c1-22-13-15(16-7-3-5-9-18(16)22)10-11-19(23)21-12-14-6-2-4-8-17(14)20/h2-9,13H,10-12H2,1H3,(H,21,23). The Hall–Kier alpha value is -2.26. The minimum absolute atomic E-state index is 0.0397. The number of carbonyl (C=O) groups is 1. The van der Waals surface area contributed by atoms with Gasteiger partial charge in [0.15, 0.2) is 0 Å². The molecule has 23 heavy (non-hydrogen) atoms. The van der Waals surface area contributed by atoms with E-state index in [0.717, 1.165) is 12.0 Å². The predicted octanol–water partition coefficient (Wildman–Crippen LogP) is 4.08. The van der Waals surface area contributed by atoms with Gasteiger partial charge < -0.3 is 9.88 Å². The number of nitrogens with zero attached hydrogens (tertiary/aromatic N) is 1. The fourth-order valence-electron chi connectivity index (χ4n) is 2.80. The maximum absolute atomic E-state index is 12.1. The van der Waals surface area contributed by atoms with E-state index < -0.39 is 0 Å². The third-order valence-corrected chi connectivity index (χ3v) is 4.40. The summed E-state index contributed by atoms with van der Waals surface area (Å²) in [6.45, 7) is 0.466. The topological polar surface area (TPSA) is 34.0 Å². The number of aromatic nitrogens is 1. The van der Waals surface area contributed by atoms with E-state index in [0.29, 0.717) is 18.0 Å². The quantitative estimate of drug-likeness (QED) is 0.753. The molecule has 2 aromatic carbocycles. The molecule has 3 rings (SSSR count). The minimum Gasteiger partial charge on any atom is -0.352 e. The second kappa shape index (κ2) is 6.88. The van der Waals surface area contributed by atoms with Gasteiger partial charge in [-0.25, -0.2) is 0 Å². The van der Waals surface area contributed by atoms with E-state index in [2.05, 4.69) is 28.2 Å². The van der Waals surface area contributed by atoms with Crippen LogP contribution in [-0.2, 0) is 24.8 Å². The van der Waals surface area contributed by atoms with Crippen molar-refractivity contribution in [1.82, 2.24) is 9.88 Å². The number of hydrogen-bond acceptors (Lipinski definition) is 1. The summed E-state index contributed by atoms with van der Waals surface area (Å²) in [5.74, 6) is 0.0397. The molecule has 0 aliphatic carbocycles. The Morgan fingerprint density at radius 1 is 1.09 bits per heavy atom. The van der Waals surface area contributed by atoms with Crippen LogP contribution in [0.15, 0.2) is 54.7 Å². The number of benzene rings is 2. The lowest BCUT2D eigenvalue weighted by Crippen LogP contribution is -2.23. The summed E-state index contributed by atoms with van der Waals surface area (Å²) in [5.41, 5.74) is 3.34. The lowest BCUT2D eigenvalue weighted by Gasteiger charge is -2.06. The highest BCUT2D eigenvalue weighted by atomic mass is 35.5. The van der Waals surface area contributed by atoms with Gasteiger partial charge in [0.05, 0.1) is 0 Å². The van der Waals surface area contributed by atoms with Crippen molar-refractivity contribution < 1.29 is 4.79 Å². The first-order chi connectivity index (χ1) is 11.1. The molecule has 0 radical (unpaired) electrons. The average Bonchev–Trinajstić information content (AvgIpc) is 2.89. The van der Waals surface area contributed by atoms with Crippen LogP contribution in [-0.4, -0.2) is 10.5 Å². The minimum atomic E-state index is 0.0397. The number of aryl methyl sites for hydroxylation is 2. The lowest BCUT2D eigenvalue weighted by molar-refractivity contribution is -0.121. The highest BCUT2D eigenvalue weighted by Crippen LogP contribution is 2.21. The average molecular weight is 327 g/mol. The van der Waals surface area contributed by atoms with E-state index in [1.165, 1.54) is 16.5 Å². The number of rotatable bonds is 5. The van der Waals surface area contributed by atoms with Crippen LogP contribution in [0, 0.1) is 0 Å². The van der Waals surface area contributed by atoms with Gasteiger partial charge in [-0.3, -0.25) is 4.79 Å². The monoisotopic (exact) mass is 326 g/mol. The van der Waals surface area contributed by atoms with Crippen LogP contribution >= 0.6 is 11.6 Å². The van der Waals surface area contributed by atoms with Crippen molar-refractivity contribution in [1.29, 1.82) is 0 Å². The van der Waals surface area contributed by atoms with Gasteiger partial charge in [0, 0.05) is 42.1 Å². The van der Waals surface area contributed by atoms with E-state index in [9.17, 15) is 4.79 Å². The van der Waals surface area contributed by atoms with Crippen molar-refractivity contribution in [3.8, 4) is 0 Å². The summed E-state index contributed by atoms with van der Waals surface area (Å²) in [5, 5.41) is 4.83. The van der Waals surface area contributed by atoms with Crippen LogP contribution in [0.2, 0.25) is 5.02 Å². The van der Waals surface area contributed by atoms with Gasteiger partial charge in [-0.2, -0.15) is 0 Å². The summed E-state index contributed by atoms with van der Waals surface area (Å²) < 4.78 is 2.10. The largest absolute Gasteiger partial charge is 0.352 e. The molecule has 1 amide bonds. The number of hydrogen-bond donors (Lipinski definition) is 1. The molecule has 3 nitrogen and oxygen atoms in total. The Kier molecular flexibility index (Phi) is 4.68. The van der Waals surface area contributed by atoms with Crippen molar-refractivity contribution in [2.75, 3.05) is 0 Å². The van der Waals surface area contributed by atoms with Gasteiger partial charge in [-0.05, 0) is 29.7 Å². The summed E-state index contributed by atoms with van der Waals surface area (Å²) >= 11 is 6.09. The molecule has 0 spiro atoms. The third kappa shape index (κ3) is 3.57. The Morgan fingerprint density at radius 2 is 1.83 bits per heavy atom. The Balaban J connectivity index is 1.59. The number of amides is 1. The van der Waals surface area contributed by atoms with Crippen LogP contribution in [0.5, 0.6) is 0 Å². The number of nitrogens with one attached hydrogen (secondary N) is 1. The van der Waals surface area contributed by atoms with Crippen molar-refractivity contribution in [3.05, 3.63) is 70.9 Å². The maximum Gasteiger partial charge on any atom is 0.220 e. The molecular formula is C19H19ClN2O. The van der Waals surface area contributed by atoms with Crippen LogP contribution in [0.1, 0.15) is 17.5 Å². The van der Waals surface area contributed by atoms with Crippen LogP contribution < -0.4 is 5.32 Å². The normalized spacial score (nSPS) is 10.9. The molecule has 0 saturated carbocycles. The molecule has 0 saturated heterocycles. The van der Waals surface area contributed by atoms with Crippen LogP contribution in [0.4, 0.5) is 0 Å². The fraction of sp³-hybridized carbons (Fsp3) is 0.211. The predicted molar refractivity (Wildman–Crippen MR) is 94.5 cm³/mol. The van der Waals surface area contributed by atoms with E-state index in [4.69, 9.17) is 11.6 Å². The smallest absolute Gasteiger partial charge is 0.220 e. The van der Waals surface area contributed by atoms with Gasteiger partial charge in [0.25, 0.3) is 0 Å². The summed E-state index contributed by atoms with van der Waals surface area (Å²) in [6, 6.07) is 15.8. The Bertz CT molecular complexity index is 838. The second-order valence-electron chi connectivity index (χ2n) is 5.65. The lowest BCUT2D eigenvalue weighted by atomic mass is 10.1. The fourth-order valence-corrected chi connectivity index (χ4v) is 3.00. The molecule has 0 bridgehead atoms. The molecule has 1 aromatic heterocycles. The zero-order valence-corrected chi connectivity index (χ0v) is 13.8. The number of halogens is 1. The molecule has 0 aliphatic rings. The van der Waals surface area contributed by atoms with Gasteiger partial charge in [-0.15, -0.1) is 0 Å². The van der Waals surface area contributed by atoms with E-state index in [1.54, 1.807) is 0 Å². The molecule has 118 valence electrons. The van der Waals surface area contributed by atoms with E-state index in [1.807, 2.05) is 43.4 Å². The molecule has 3 aromatic rings. The number of fused-ring (bicyclic) bond motifs is 1. The first kappa shape index (κ1) is 15.6. The summed E-state index contributed by atoms with van der Waals surface area (Å²) in [4.78, 5) is 12.1. The SMILES string of the molecule is Cn1cc(CCC(=O)NCc2ccccc2Cl)c2ccccc21. The van der Waals surface area contributed by atoms with Crippen molar-refractivity contribution in [3.63, 3.8) is 0 Å². The zero-order valence-electron chi connectivity index (χ0n) is 13.1. The number of para-hydroxylation sites is 1. The molecule has 0 aliphatic heterocycles. The van der Waals surface area contributed by atoms with Crippen molar-refractivity contribution in [2.45, 2.75) is 19.4 Å². The van der Waals surface area contributed by atoms with E-state index >= 15 is 0 Å². The Labute approximate surface area is 140 Å².